The number of nitrogens with one attached hydrogen (secondary N) is 2. The lowest BCUT2D eigenvalue weighted by molar-refractivity contribution is 0.0519. The molecule has 2 aromatic rings. The Kier molecular flexibility index (Phi) is 4.27. The van der Waals surface area contributed by atoms with E-state index in [0.717, 1.165) is 11.6 Å². The summed E-state index contributed by atoms with van der Waals surface area (Å²) in [5, 5.41) is 5.75. The predicted octanol–water partition coefficient (Wildman–Crippen LogP) is 1.70. The van der Waals surface area contributed by atoms with E-state index in [1.54, 1.807) is 31.2 Å². The van der Waals surface area contributed by atoms with E-state index < -0.39 is 16.0 Å². The van der Waals surface area contributed by atoms with E-state index in [0.29, 0.717) is 5.69 Å². The number of aryl methyl sites for hydroxylation is 1. The number of anilines is 1. The molecule has 0 radical (unpaired) electrons. The molecule has 0 spiro atoms. The van der Waals surface area contributed by atoms with Crippen molar-refractivity contribution in [2.24, 2.45) is 0 Å². The van der Waals surface area contributed by atoms with Crippen molar-refractivity contribution in [3.63, 3.8) is 0 Å². The number of hydrogen-bond acceptors (Lipinski definition) is 5. The van der Waals surface area contributed by atoms with Gasteiger partial charge in [0, 0.05) is 11.8 Å². The number of carbonyl (C=O) groups excluding carboxylic acids is 1. The molecule has 1 heterocycles. The minimum absolute atomic E-state index is 0.0823. The van der Waals surface area contributed by atoms with Gasteiger partial charge in [0.05, 0.1) is 6.61 Å². The summed E-state index contributed by atoms with van der Waals surface area (Å²) in [5.41, 5.74) is 1.36. The number of nitrogens with zero attached hydrogens (tertiary/aromatic N) is 1. The first-order valence-electron chi connectivity index (χ1n) is 6.24. The lowest BCUT2D eigenvalue weighted by Gasteiger charge is -2.05. The van der Waals surface area contributed by atoms with Crippen LogP contribution in [-0.4, -0.2) is 31.2 Å². The first-order chi connectivity index (χ1) is 9.92. The van der Waals surface area contributed by atoms with Gasteiger partial charge in [-0.2, -0.15) is 13.5 Å². The van der Waals surface area contributed by atoms with Gasteiger partial charge in [-0.05, 0) is 26.0 Å². The molecular weight excluding hydrogens is 294 g/mol. The number of rotatable bonds is 5. The summed E-state index contributed by atoms with van der Waals surface area (Å²) >= 11 is 0. The molecule has 2 rings (SSSR count). The van der Waals surface area contributed by atoms with E-state index in [4.69, 9.17) is 4.74 Å². The smallest absolute Gasteiger partial charge is 0.358 e. The Balaban J connectivity index is 2.20. The molecule has 0 amide bonds. The number of H-pyrrole nitrogens is 1. The average Bonchev–Trinajstić information content (AvgIpc) is 2.92. The first-order valence-corrected chi connectivity index (χ1v) is 7.72. The van der Waals surface area contributed by atoms with E-state index in [9.17, 15) is 13.2 Å². The third-order valence-electron chi connectivity index (χ3n) is 2.63. The van der Waals surface area contributed by atoms with Gasteiger partial charge in [0.15, 0.2) is 10.7 Å². The zero-order valence-corrected chi connectivity index (χ0v) is 12.4. The Labute approximate surface area is 122 Å². The summed E-state index contributed by atoms with van der Waals surface area (Å²) in [4.78, 5) is 11.5. The van der Waals surface area contributed by atoms with Crippen LogP contribution in [0.1, 0.15) is 23.0 Å². The summed E-state index contributed by atoms with van der Waals surface area (Å²) < 4.78 is 31.4. The summed E-state index contributed by atoms with van der Waals surface area (Å²) in [6.07, 6.45) is 0. The normalized spacial score (nSPS) is 11.1. The SMILES string of the molecule is CCOC(=O)c1cc(S(=O)(=O)Nc2ccc(C)cc2)[nH]n1. The molecule has 7 nitrogen and oxygen atoms in total. The summed E-state index contributed by atoms with van der Waals surface area (Å²) in [6.45, 7) is 3.75. The molecule has 0 unspecified atom stereocenters. The Bertz CT molecular complexity index is 735. The predicted molar refractivity (Wildman–Crippen MR) is 76.5 cm³/mol. The van der Waals surface area contributed by atoms with Crippen LogP contribution < -0.4 is 4.72 Å². The fourth-order valence-corrected chi connectivity index (χ4v) is 2.57. The topological polar surface area (TPSA) is 101 Å². The summed E-state index contributed by atoms with van der Waals surface area (Å²) in [5.74, 6) is -0.675. The largest absolute Gasteiger partial charge is 0.461 e. The lowest BCUT2D eigenvalue weighted by atomic mass is 10.2. The molecule has 0 saturated heterocycles. The van der Waals surface area contributed by atoms with Crippen molar-refractivity contribution in [1.29, 1.82) is 0 Å². The number of aromatic amines is 1. The highest BCUT2D eigenvalue weighted by Crippen LogP contribution is 2.15. The summed E-state index contributed by atoms with van der Waals surface area (Å²) in [6, 6.07) is 8.00. The molecule has 112 valence electrons. The van der Waals surface area contributed by atoms with Crippen LogP contribution in [0, 0.1) is 6.92 Å². The quantitative estimate of drug-likeness (QED) is 0.819. The minimum Gasteiger partial charge on any atom is -0.461 e. The monoisotopic (exact) mass is 309 g/mol. The lowest BCUT2D eigenvalue weighted by Crippen LogP contribution is -2.13. The first kappa shape index (κ1) is 15.0. The molecule has 1 aromatic carbocycles. The molecule has 1 aromatic heterocycles. The van der Waals surface area contributed by atoms with Crippen molar-refractivity contribution in [2.75, 3.05) is 11.3 Å². The van der Waals surface area contributed by atoms with Gasteiger partial charge < -0.3 is 4.74 Å². The Morgan fingerprint density at radius 1 is 1.33 bits per heavy atom. The highest BCUT2D eigenvalue weighted by molar-refractivity contribution is 7.92. The molecule has 0 aliphatic heterocycles. The van der Waals surface area contributed by atoms with E-state index in [1.165, 1.54) is 0 Å². The van der Waals surface area contributed by atoms with Gasteiger partial charge in [0.25, 0.3) is 10.0 Å². The second kappa shape index (κ2) is 5.96. The Morgan fingerprint density at radius 3 is 2.62 bits per heavy atom. The van der Waals surface area contributed by atoms with Gasteiger partial charge in [-0.15, -0.1) is 0 Å². The van der Waals surface area contributed by atoms with Crippen LogP contribution >= 0.6 is 0 Å². The molecule has 0 fully saturated rings. The second-order valence-electron chi connectivity index (χ2n) is 4.31. The number of hydrogen-bond donors (Lipinski definition) is 2. The minimum atomic E-state index is -3.83. The van der Waals surface area contributed by atoms with Crippen LogP contribution in [0.2, 0.25) is 0 Å². The van der Waals surface area contributed by atoms with Gasteiger partial charge in [-0.3, -0.25) is 9.82 Å². The number of esters is 1. The molecular formula is C13H15N3O4S. The highest BCUT2D eigenvalue weighted by Gasteiger charge is 2.20. The second-order valence-corrected chi connectivity index (χ2v) is 5.96. The molecule has 0 atom stereocenters. The molecule has 8 heteroatoms. The number of benzene rings is 1. The maximum absolute atomic E-state index is 12.1. The van der Waals surface area contributed by atoms with Crippen molar-refractivity contribution < 1.29 is 17.9 Å². The average molecular weight is 309 g/mol. The highest BCUT2D eigenvalue weighted by atomic mass is 32.2. The zero-order chi connectivity index (χ0) is 15.5. The van der Waals surface area contributed by atoms with Crippen molar-refractivity contribution in [2.45, 2.75) is 18.9 Å². The fraction of sp³-hybridized carbons (Fsp3) is 0.231. The van der Waals surface area contributed by atoms with Gasteiger partial charge in [0.2, 0.25) is 0 Å². The fourth-order valence-electron chi connectivity index (χ4n) is 1.58. The molecule has 0 saturated carbocycles. The summed E-state index contributed by atoms with van der Waals surface area (Å²) in [7, 11) is -3.83. The third kappa shape index (κ3) is 3.60. The van der Waals surface area contributed by atoms with Crippen molar-refractivity contribution in [3.8, 4) is 0 Å². The Morgan fingerprint density at radius 2 is 2.00 bits per heavy atom. The van der Waals surface area contributed by atoms with E-state index in [2.05, 4.69) is 14.9 Å². The number of ether oxygens (including phenoxy) is 1. The maximum atomic E-state index is 12.1. The van der Waals surface area contributed by atoms with E-state index in [-0.39, 0.29) is 17.3 Å². The molecule has 0 bridgehead atoms. The third-order valence-corrected chi connectivity index (χ3v) is 3.92. The van der Waals surface area contributed by atoms with Gasteiger partial charge in [0.1, 0.15) is 0 Å². The van der Waals surface area contributed by atoms with Crippen LogP contribution in [0.5, 0.6) is 0 Å². The van der Waals surface area contributed by atoms with Crippen molar-refractivity contribution in [1.82, 2.24) is 10.2 Å². The van der Waals surface area contributed by atoms with Gasteiger partial charge in [-0.1, -0.05) is 17.7 Å². The standard InChI is InChI=1S/C13H15N3O4S/c1-3-20-13(17)11-8-12(15-14-11)21(18,19)16-10-6-4-9(2)5-7-10/h4-8,16H,3H2,1-2H3,(H,14,15). The van der Waals surface area contributed by atoms with Crippen LogP contribution in [-0.2, 0) is 14.8 Å². The molecule has 0 aliphatic rings. The van der Waals surface area contributed by atoms with Crippen molar-refractivity contribution in [3.05, 3.63) is 41.6 Å². The number of sulfonamides is 1. The van der Waals surface area contributed by atoms with Crippen LogP contribution in [0.15, 0.2) is 35.4 Å². The van der Waals surface area contributed by atoms with Gasteiger partial charge in [-0.25, -0.2) is 4.79 Å². The van der Waals surface area contributed by atoms with Gasteiger partial charge >= 0.3 is 5.97 Å². The molecule has 0 aliphatic carbocycles. The van der Waals surface area contributed by atoms with Crippen LogP contribution in [0.25, 0.3) is 0 Å². The van der Waals surface area contributed by atoms with Crippen LogP contribution in [0.3, 0.4) is 0 Å². The number of aromatic nitrogens is 2. The molecule has 2 N–H and O–H groups in total. The Hall–Kier alpha value is -2.35. The van der Waals surface area contributed by atoms with Crippen molar-refractivity contribution >= 4 is 21.7 Å². The maximum Gasteiger partial charge on any atom is 0.358 e. The number of carbonyl (C=O) groups is 1. The van der Waals surface area contributed by atoms with E-state index in [1.807, 2.05) is 6.92 Å². The molecule has 21 heavy (non-hydrogen) atoms. The van der Waals surface area contributed by atoms with Crippen LogP contribution in [0.4, 0.5) is 5.69 Å². The van der Waals surface area contributed by atoms with E-state index >= 15 is 0 Å². The zero-order valence-electron chi connectivity index (χ0n) is 11.6.